The van der Waals surface area contributed by atoms with E-state index in [1.54, 1.807) is 0 Å². The molecule has 0 saturated heterocycles. The van der Waals surface area contributed by atoms with E-state index in [4.69, 9.17) is 10.5 Å². The predicted octanol–water partition coefficient (Wildman–Crippen LogP) is 0.0539. The number of rotatable bonds is 8. The summed E-state index contributed by atoms with van der Waals surface area (Å²) >= 11 is 0. The molecule has 2 amide bonds. The van der Waals surface area contributed by atoms with Crippen LogP contribution in [-0.2, 0) is 17.4 Å². The highest BCUT2D eigenvalue weighted by Crippen LogP contribution is 2.37. The Balaban J connectivity index is 1.83. The lowest BCUT2D eigenvalue weighted by Gasteiger charge is -2.38. The van der Waals surface area contributed by atoms with Crippen LogP contribution in [0.5, 0.6) is 5.88 Å². The van der Waals surface area contributed by atoms with Gasteiger partial charge in [0.15, 0.2) is 0 Å². The zero-order valence-electron chi connectivity index (χ0n) is 18.1. The molecule has 3 rings (SSSR count). The monoisotopic (exact) mass is 504 g/mol. The molecule has 0 radical (unpaired) electrons. The number of hydrogen-bond donors (Lipinski definition) is 6. The summed E-state index contributed by atoms with van der Waals surface area (Å²) in [7, 11) is 0. The number of nitrogens with zero attached hydrogens (tertiary/aromatic N) is 1. The van der Waals surface area contributed by atoms with Crippen molar-refractivity contribution < 1.29 is 47.2 Å². The molecule has 14 heteroatoms. The number of halogens is 4. The number of benzene rings is 1. The Morgan fingerprint density at radius 3 is 2.43 bits per heavy atom. The lowest BCUT2D eigenvalue weighted by atomic mass is 9.82. The lowest BCUT2D eigenvalue weighted by molar-refractivity contribution is -0.142. The number of H-pyrrole nitrogens is 1. The second kappa shape index (κ2) is 10.6. The summed E-state index contributed by atoms with van der Waals surface area (Å²) in [5.74, 6) is -2.94. The molecule has 192 valence electrons. The zero-order valence-corrected chi connectivity index (χ0v) is 18.1. The van der Waals surface area contributed by atoms with Crippen molar-refractivity contribution in [2.75, 3.05) is 13.2 Å². The standard InChI is InChI=1S/C21H24F4N4O6/c22-15-11(8-30)6-13(16(32)17(15)33)35-20-12(18(28-29-20)21(23,24)25)5-9-1-3-10(4-2-9)19(34)27-7-14(26)31/h1-4,11,13,15-17,30,32-33H,5-8H2,(H2,26,31)(H,27,34)(H,28,29)/t11-,13-,15-,16+,17+/m1/s1. The van der Waals surface area contributed by atoms with Gasteiger partial charge in [-0.2, -0.15) is 13.2 Å². The number of alkyl halides is 4. The first-order valence-electron chi connectivity index (χ1n) is 10.5. The summed E-state index contributed by atoms with van der Waals surface area (Å²) in [6.45, 7) is -1.04. The van der Waals surface area contributed by atoms with Crippen LogP contribution in [0.4, 0.5) is 17.6 Å². The van der Waals surface area contributed by atoms with Crippen molar-refractivity contribution in [3.05, 3.63) is 46.6 Å². The van der Waals surface area contributed by atoms with Crippen LogP contribution in [0.1, 0.15) is 33.6 Å². The van der Waals surface area contributed by atoms with Crippen LogP contribution >= 0.6 is 0 Å². The molecule has 1 heterocycles. The van der Waals surface area contributed by atoms with Gasteiger partial charge in [0, 0.05) is 24.5 Å². The predicted molar refractivity (Wildman–Crippen MR) is 111 cm³/mol. The zero-order chi connectivity index (χ0) is 25.9. The van der Waals surface area contributed by atoms with Crippen LogP contribution in [0, 0.1) is 5.92 Å². The number of primary amides is 1. The first kappa shape index (κ1) is 26.4. The maximum Gasteiger partial charge on any atom is 0.433 e. The second-order valence-corrected chi connectivity index (χ2v) is 8.16. The molecule has 2 aromatic rings. The van der Waals surface area contributed by atoms with Gasteiger partial charge in [-0.05, 0) is 24.1 Å². The van der Waals surface area contributed by atoms with Crippen LogP contribution in [0.2, 0.25) is 0 Å². The van der Waals surface area contributed by atoms with Gasteiger partial charge >= 0.3 is 6.18 Å². The third kappa shape index (κ3) is 6.07. The number of amides is 2. The van der Waals surface area contributed by atoms with Crippen LogP contribution in [0.3, 0.4) is 0 Å². The Bertz CT molecular complexity index is 1040. The smallest absolute Gasteiger partial charge is 0.433 e. The van der Waals surface area contributed by atoms with Crippen LogP contribution in [0.25, 0.3) is 0 Å². The molecule has 0 spiro atoms. The maximum atomic E-state index is 14.1. The average molecular weight is 504 g/mol. The number of aromatic amines is 1. The molecule has 0 aliphatic heterocycles. The van der Waals surface area contributed by atoms with Gasteiger partial charge in [0.25, 0.3) is 5.91 Å². The highest BCUT2D eigenvalue weighted by atomic mass is 19.4. The van der Waals surface area contributed by atoms with Gasteiger partial charge in [-0.1, -0.05) is 12.1 Å². The van der Waals surface area contributed by atoms with E-state index in [0.717, 1.165) is 0 Å². The number of carbonyl (C=O) groups is 2. The summed E-state index contributed by atoms with van der Waals surface area (Å²) in [4.78, 5) is 22.8. The first-order chi connectivity index (χ1) is 16.4. The minimum atomic E-state index is -4.83. The molecule has 0 unspecified atom stereocenters. The normalized spacial score (nSPS) is 24.7. The molecule has 7 N–H and O–H groups in total. The highest BCUT2D eigenvalue weighted by molar-refractivity contribution is 5.96. The Morgan fingerprint density at radius 1 is 1.20 bits per heavy atom. The highest BCUT2D eigenvalue weighted by Gasteiger charge is 2.46. The van der Waals surface area contributed by atoms with Gasteiger partial charge < -0.3 is 31.1 Å². The maximum absolute atomic E-state index is 14.1. The summed E-state index contributed by atoms with van der Waals surface area (Å²) in [6.07, 6.45) is -12.4. The van der Waals surface area contributed by atoms with E-state index in [2.05, 4.69) is 10.4 Å². The molecule has 1 aromatic heterocycles. The molecule has 35 heavy (non-hydrogen) atoms. The number of carbonyl (C=O) groups excluding carboxylic acids is 2. The quantitative estimate of drug-likeness (QED) is 0.276. The first-order valence-corrected chi connectivity index (χ1v) is 10.5. The fourth-order valence-corrected chi connectivity index (χ4v) is 3.78. The summed E-state index contributed by atoms with van der Waals surface area (Å²) in [5, 5.41) is 37.1. The largest absolute Gasteiger partial charge is 0.470 e. The van der Waals surface area contributed by atoms with E-state index < -0.39 is 72.1 Å². The number of hydrogen-bond acceptors (Lipinski definition) is 7. The minimum Gasteiger partial charge on any atom is -0.470 e. The van der Waals surface area contributed by atoms with Crippen molar-refractivity contribution in [1.29, 1.82) is 0 Å². The molecular weight excluding hydrogens is 480 g/mol. The molecular formula is C21H24F4N4O6. The summed E-state index contributed by atoms with van der Waals surface area (Å²) in [5.41, 5.74) is 3.83. The van der Waals surface area contributed by atoms with E-state index in [1.165, 1.54) is 24.3 Å². The third-order valence-electron chi connectivity index (χ3n) is 5.67. The fourth-order valence-electron chi connectivity index (χ4n) is 3.78. The average Bonchev–Trinajstić information content (AvgIpc) is 3.20. The summed E-state index contributed by atoms with van der Waals surface area (Å²) < 4.78 is 60.3. The number of aliphatic hydroxyl groups excluding tert-OH is 3. The van der Waals surface area contributed by atoms with Crippen LogP contribution in [0.15, 0.2) is 24.3 Å². The number of nitrogens with two attached hydrogens (primary N) is 1. The Hall–Kier alpha value is -3.23. The Labute approximate surface area is 196 Å². The van der Waals surface area contributed by atoms with Crippen LogP contribution in [-0.4, -0.2) is 75.0 Å². The van der Waals surface area contributed by atoms with Crippen molar-refractivity contribution in [3.8, 4) is 5.88 Å². The second-order valence-electron chi connectivity index (χ2n) is 8.16. The SMILES string of the molecule is NC(=O)CNC(=O)c1ccc(Cc2c(O[C@@H]3C[C@H](CO)[C@@H](F)[C@H](O)[C@H]3O)n[nH]c2C(F)(F)F)cc1. The Morgan fingerprint density at radius 2 is 1.86 bits per heavy atom. The molecule has 1 aliphatic carbocycles. The molecule has 1 fully saturated rings. The molecule has 1 aliphatic rings. The van der Waals surface area contributed by atoms with E-state index in [0.29, 0.717) is 5.56 Å². The third-order valence-corrected chi connectivity index (χ3v) is 5.67. The van der Waals surface area contributed by atoms with E-state index >= 15 is 0 Å². The van der Waals surface area contributed by atoms with Crippen molar-refractivity contribution in [2.24, 2.45) is 11.7 Å². The summed E-state index contributed by atoms with van der Waals surface area (Å²) in [6, 6.07) is 5.47. The van der Waals surface area contributed by atoms with Crippen molar-refractivity contribution >= 4 is 11.8 Å². The van der Waals surface area contributed by atoms with Gasteiger partial charge in [-0.25, -0.2) is 4.39 Å². The fraction of sp³-hybridized carbons (Fsp3) is 0.476. The van der Waals surface area contributed by atoms with Gasteiger partial charge in [0.05, 0.1) is 12.1 Å². The number of aliphatic hydroxyl groups is 3. The Kier molecular flexibility index (Phi) is 7.97. The van der Waals surface area contributed by atoms with Gasteiger partial charge in [0.1, 0.15) is 30.2 Å². The lowest BCUT2D eigenvalue weighted by Crippen LogP contribution is -2.54. The number of aromatic nitrogens is 2. The molecule has 0 bridgehead atoms. The van der Waals surface area contributed by atoms with Crippen molar-refractivity contribution in [3.63, 3.8) is 0 Å². The minimum absolute atomic E-state index is 0.143. The van der Waals surface area contributed by atoms with Crippen molar-refractivity contribution in [2.45, 2.75) is 43.5 Å². The van der Waals surface area contributed by atoms with E-state index in [9.17, 15) is 42.5 Å². The molecule has 1 saturated carbocycles. The van der Waals surface area contributed by atoms with Gasteiger partial charge in [-0.3, -0.25) is 14.7 Å². The van der Waals surface area contributed by atoms with Gasteiger partial charge in [0.2, 0.25) is 11.8 Å². The van der Waals surface area contributed by atoms with Crippen LogP contribution < -0.4 is 15.8 Å². The molecule has 10 nitrogen and oxygen atoms in total. The van der Waals surface area contributed by atoms with E-state index in [1.807, 2.05) is 5.10 Å². The molecule has 5 atom stereocenters. The van der Waals surface area contributed by atoms with E-state index in [-0.39, 0.29) is 24.9 Å². The number of nitrogens with one attached hydrogen (secondary N) is 2. The topological polar surface area (TPSA) is 171 Å². The van der Waals surface area contributed by atoms with Gasteiger partial charge in [-0.15, -0.1) is 5.10 Å². The number of ether oxygens (including phenoxy) is 1. The van der Waals surface area contributed by atoms with Crippen molar-refractivity contribution in [1.82, 2.24) is 15.5 Å². The molecule has 1 aromatic carbocycles.